The number of allylic oxidation sites excluding steroid dienone is 1. The molecule has 6 nitrogen and oxygen atoms in total. The molecule has 2 rings (SSSR count). The molecule has 1 aromatic carbocycles. The van der Waals surface area contributed by atoms with Crippen molar-refractivity contribution in [2.75, 3.05) is 26.1 Å². The lowest BCUT2D eigenvalue weighted by atomic mass is 10.1. The molecule has 1 heterocycles. The molecular weight excluding hydrogens is 308 g/mol. The molecule has 0 spiro atoms. The van der Waals surface area contributed by atoms with Crippen LogP contribution in [-0.2, 0) is 11.2 Å². The number of methoxy groups -OCH3 is 2. The number of nitrogens with zero attached hydrogens (tertiary/aromatic N) is 1. The zero-order chi connectivity index (χ0) is 17.4. The van der Waals surface area contributed by atoms with E-state index in [4.69, 9.17) is 14.2 Å². The van der Waals surface area contributed by atoms with Crippen LogP contribution >= 0.6 is 0 Å². The predicted octanol–water partition coefficient (Wildman–Crippen LogP) is 2.84. The summed E-state index contributed by atoms with van der Waals surface area (Å²) in [5, 5.41) is 2.70. The van der Waals surface area contributed by atoms with Gasteiger partial charge < -0.3 is 19.5 Å². The third kappa shape index (κ3) is 4.74. The highest BCUT2D eigenvalue weighted by Gasteiger charge is 2.09. The first-order valence-corrected chi connectivity index (χ1v) is 7.36. The van der Waals surface area contributed by atoms with Gasteiger partial charge in [-0.2, -0.15) is 0 Å². The number of ether oxygens (including phenoxy) is 3. The standard InChI is InChI=1S/C18H20N2O4/c1-4-5-13-6-8-15(16(10-13)22-2)24-12-17(21)20-14-7-9-18(23-3)19-11-14/h4,6-11H,1,5,12H2,2-3H3,(H,20,21). The van der Waals surface area contributed by atoms with Crippen LogP contribution in [0.2, 0.25) is 0 Å². The predicted molar refractivity (Wildman–Crippen MR) is 91.8 cm³/mol. The summed E-state index contributed by atoms with van der Waals surface area (Å²) >= 11 is 0. The monoisotopic (exact) mass is 328 g/mol. The Labute approximate surface area is 141 Å². The van der Waals surface area contributed by atoms with Crippen LogP contribution < -0.4 is 19.5 Å². The van der Waals surface area contributed by atoms with E-state index in [2.05, 4.69) is 16.9 Å². The molecule has 0 radical (unpaired) electrons. The molecule has 2 aromatic rings. The summed E-state index contributed by atoms with van der Waals surface area (Å²) in [4.78, 5) is 16.0. The number of rotatable bonds is 8. The van der Waals surface area contributed by atoms with E-state index in [1.165, 1.54) is 13.3 Å². The van der Waals surface area contributed by atoms with Crippen LogP contribution in [0.3, 0.4) is 0 Å². The van der Waals surface area contributed by atoms with Crippen LogP contribution in [-0.4, -0.2) is 31.7 Å². The van der Waals surface area contributed by atoms with E-state index < -0.39 is 0 Å². The number of amides is 1. The fraction of sp³-hybridized carbons (Fsp3) is 0.222. The smallest absolute Gasteiger partial charge is 0.262 e. The summed E-state index contributed by atoms with van der Waals surface area (Å²) in [6.45, 7) is 3.57. The van der Waals surface area contributed by atoms with E-state index in [9.17, 15) is 4.79 Å². The van der Waals surface area contributed by atoms with E-state index in [1.807, 2.05) is 18.2 Å². The van der Waals surface area contributed by atoms with Crippen LogP contribution in [0.4, 0.5) is 5.69 Å². The minimum Gasteiger partial charge on any atom is -0.493 e. The second kappa shape index (κ2) is 8.57. The van der Waals surface area contributed by atoms with Crippen LogP contribution in [0.25, 0.3) is 0 Å². The summed E-state index contributed by atoms with van der Waals surface area (Å²) in [6.07, 6.45) is 4.06. The molecule has 0 saturated carbocycles. The summed E-state index contributed by atoms with van der Waals surface area (Å²) in [5.74, 6) is 1.27. The van der Waals surface area contributed by atoms with Crippen molar-refractivity contribution in [2.45, 2.75) is 6.42 Å². The van der Waals surface area contributed by atoms with E-state index in [0.717, 1.165) is 12.0 Å². The lowest BCUT2D eigenvalue weighted by Crippen LogP contribution is -2.20. The molecule has 0 fully saturated rings. The molecule has 1 aromatic heterocycles. The Morgan fingerprint density at radius 2 is 2.04 bits per heavy atom. The third-order valence-corrected chi connectivity index (χ3v) is 3.20. The zero-order valence-electron chi connectivity index (χ0n) is 13.7. The second-order valence-electron chi connectivity index (χ2n) is 4.90. The zero-order valence-corrected chi connectivity index (χ0v) is 13.7. The van der Waals surface area contributed by atoms with Crippen molar-refractivity contribution in [3.05, 3.63) is 54.7 Å². The molecule has 0 atom stereocenters. The fourth-order valence-corrected chi connectivity index (χ4v) is 2.04. The Balaban J connectivity index is 1.94. The molecule has 0 bridgehead atoms. The van der Waals surface area contributed by atoms with Gasteiger partial charge in [-0.15, -0.1) is 6.58 Å². The molecule has 0 saturated heterocycles. The summed E-state index contributed by atoms with van der Waals surface area (Å²) in [7, 11) is 3.09. The number of carbonyl (C=O) groups excluding carboxylic acids is 1. The van der Waals surface area contributed by atoms with Crippen molar-refractivity contribution in [1.29, 1.82) is 0 Å². The Kier molecular flexibility index (Phi) is 6.19. The van der Waals surface area contributed by atoms with E-state index in [0.29, 0.717) is 23.1 Å². The van der Waals surface area contributed by atoms with Gasteiger partial charge in [0.05, 0.1) is 26.1 Å². The van der Waals surface area contributed by atoms with Gasteiger partial charge in [0.15, 0.2) is 18.1 Å². The summed E-state index contributed by atoms with van der Waals surface area (Å²) in [6, 6.07) is 8.92. The van der Waals surface area contributed by atoms with Crippen molar-refractivity contribution in [3.8, 4) is 17.4 Å². The number of aromatic nitrogens is 1. The number of hydrogen-bond donors (Lipinski definition) is 1. The highest BCUT2D eigenvalue weighted by Crippen LogP contribution is 2.28. The van der Waals surface area contributed by atoms with Crippen molar-refractivity contribution in [2.24, 2.45) is 0 Å². The van der Waals surface area contributed by atoms with Gasteiger partial charge in [0.1, 0.15) is 0 Å². The number of carbonyl (C=O) groups is 1. The van der Waals surface area contributed by atoms with Crippen LogP contribution in [0, 0.1) is 0 Å². The van der Waals surface area contributed by atoms with Gasteiger partial charge in [-0.3, -0.25) is 4.79 Å². The Morgan fingerprint density at radius 1 is 1.21 bits per heavy atom. The number of hydrogen-bond acceptors (Lipinski definition) is 5. The molecule has 0 aliphatic rings. The molecule has 24 heavy (non-hydrogen) atoms. The SMILES string of the molecule is C=CCc1ccc(OCC(=O)Nc2ccc(OC)nc2)c(OC)c1. The van der Waals surface area contributed by atoms with Gasteiger partial charge >= 0.3 is 0 Å². The van der Waals surface area contributed by atoms with Crippen LogP contribution in [0.5, 0.6) is 17.4 Å². The van der Waals surface area contributed by atoms with Gasteiger partial charge in [0.25, 0.3) is 5.91 Å². The van der Waals surface area contributed by atoms with Gasteiger partial charge in [-0.1, -0.05) is 12.1 Å². The average molecular weight is 328 g/mol. The molecule has 0 aliphatic heterocycles. The minimum absolute atomic E-state index is 0.136. The molecule has 1 amide bonds. The number of nitrogens with one attached hydrogen (secondary N) is 1. The van der Waals surface area contributed by atoms with Gasteiger partial charge in [0, 0.05) is 6.07 Å². The Morgan fingerprint density at radius 3 is 2.67 bits per heavy atom. The average Bonchev–Trinajstić information content (AvgIpc) is 2.61. The fourth-order valence-electron chi connectivity index (χ4n) is 2.04. The lowest BCUT2D eigenvalue weighted by Gasteiger charge is -2.12. The second-order valence-corrected chi connectivity index (χ2v) is 4.90. The van der Waals surface area contributed by atoms with E-state index >= 15 is 0 Å². The normalized spacial score (nSPS) is 9.92. The van der Waals surface area contributed by atoms with Crippen LogP contribution in [0.15, 0.2) is 49.2 Å². The van der Waals surface area contributed by atoms with Crippen molar-refractivity contribution in [1.82, 2.24) is 4.98 Å². The maximum atomic E-state index is 12.0. The quantitative estimate of drug-likeness (QED) is 0.755. The largest absolute Gasteiger partial charge is 0.493 e. The highest BCUT2D eigenvalue weighted by molar-refractivity contribution is 5.91. The topological polar surface area (TPSA) is 69.7 Å². The summed E-state index contributed by atoms with van der Waals surface area (Å²) < 4.78 is 15.8. The number of pyridine rings is 1. The first kappa shape index (κ1) is 17.3. The highest BCUT2D eigenvalue weighted by atomic mass is 16.5. The number of benzene rings is 1. The number of anilines is 1. The maximum absolute atomic E-state index is 12.0. The van der Waals surface area contributed by atoms with E-state index in [1.54, 1.807) is 25.3 Å². The van der Waals surface area contributed by atoms with Crippen LogP contribution in [0.1, 0.15) is 5.56 Å². The molecule has 0 aliphatic carbocycles. The lowest BCUT2D eigenvalue weighted by molar-refractivity contribution is -0.118. The van der Waals surface area contributed by atoms with Gasteiger partial charge in [0.2, 0.25) is 5.88 Å². The maximum Gasteiger partial charge on any atom is 0.262 e. The van der Waals surface area contributed by atoms with Crippen molar-refractivity contribution < 1.29 is 19.0 Å². The minimum atomic E-state index is -0.292. The van der Waals surface area contributed by atoms with Gasteiger partial charge in [-0.25, -0.2) is 4.98 Å². The van der Waals surface area contributed by atoms with Gasteiger partial charge in [-0.05, 0) is 30.2 Å². The first-order valence-electron chi connectivity index (χ1n) is 7.36. The van der Waals surface area contributed by atoms with Crippen molar-refractivity contribution >= 4 is 11.6 Å². The Bertz CT molecular complexity index is 699. The molecule has 126 valence electrons. The molecule has 0 unspecified atom stereocenters. The summed E-state index contributed by atoms with van der Waals surface area (Å²) in [5.41, 5.74) is 1.63. The van der Waals surface area contributed by atoms with Crippen molar-refractivity contribution in [3.63, 3.8) is 0 Å². The molecule has 6 heteroatoms. The molecular formula is C18H20N2O4. The molecule has 1 N–H and O–H groups in total. The first-order chi connectivity index (χ1) is 11.7. The third-order valence-electron chi connectivity index (χ3n) is 3.20. The Hall–Kier alpha value is -3.02. The van der Waals surface area contributed by atoms with E-state index in [-0.39, 0.29) is 12.5 Å².